The molecule has 0 saturated heterocycles. The van der Waals surface area contributed by atoms with Crippen LogP contribution < -0.4 is 0 Å². The zero-order chi connectivity index (χ0) is 19.9. The van der Waals surface area contributed by atoms with E-state index in [2.05, 4.69) is 45.0 Å². The van der Waals surface area contributed by atoms with Gasteiger partial charge in [-0.2, -0.15) is 0 Å². The van der Waals surface area contributed by atoms with Crippen LogP contribution in [0.15, 0.2) is 58.8 Å². The van der Waals surface area contributed by atoms with Crippen LogP contribution in [0.1, 0.15) is 69.2 Å². The number of nitrogens with zero attached hydrogens (tertiary/aromatic N) is 1. The van der Waals surface area contributed by atoms with E-state index in [0.29, 0.717) is 5.02 Å². The smallest absolute Gasteiger partial charge is 0.226 e. The van der Waals surface area contributed by atoms with Gasteiger partial charge in [0.25, 0.3) is 0 Å². The Morgan fingerprint density at radius 3 is 2.43 bits per heavy atom. The fourth-order valence-corrected chi connectivity index (χ4v) is 4.15. The van der Waals surface area contributed by atoms with Crippen LogP contribution in [-0.2, 0) is 10.2 Å². The number of aliphatic imine (C=N–C) groups is 1. The number of halogens is 2. The lowest BCUT2D eigenvalue weighted by atomic mass is 9.84. The molecule has 2 aliphatic rings. The highest BCUT2D eigenvalue weighted by Crippen LogP contribution is 2.42. The van der Waals surface area contributed by atoms with E-state index in [9.17, 15) is 4.39 Å². The average molecular weight is 398 g/mol. The summed E-state index contributed by atoms with van der Waals surface area (Å²) < 4.78 is 20.6. The third kappa shape index (κ3) is 3.60. The van der Waals surface area contributed by atoms with Crippen molar-refractivity contribution < 1.29 is 9.13 Å². The van der Waals surface area contributed by atoms with Gasteiger partial charge in [-0.15, -0.1) is 0 Å². The van der Waals surface area contributed by atoms with Gasteiger partial charge in [0.1, 0.15) is 17.6 Å². The van der Waals surface area contributed by atoms with E-state index in [1.807, 2.05) is 0 Å². The van der Waals surface area contributed by atoms with Crippen molar-refractivity contribution >= 4 is 17.5 Å². The highest BCUT2D eigenvalue weighted by molar-refractivity contribution is 6.33. The van der Waals surface area contributed by atoms with Crippen LogP contribution in [0, 0.1) is 5.82 Å². The monoisotopic (exact) mass is 397 g/mol. The second-order valence-electron chi connectivity index (χ2n) is 8.56. The largest absolute Gasteiger partial charge is 0.443 e. The molecule has 0 bridgehead atoms. The van der Waals surface area contributed by atoms with E-state index < -0.39 is 5.82 Å². The Balaban J connectivity index is 1.79. The van der Waals surface area contributed by atoms with Gasteiger partial charge in [-0.05, 0) is 53.5 Å². The first-order chi connectivity index (χ1) is 13.3. The summed E-state index contributed by atoms with van der Waals surface area (Å²) in [6.45, 7) is 6.61. The molecule has 0 spiro atoms. The predicted octanol–water partition coefficient (Wildman–Crippen LogP) is 7.12. The molecule has 146 valence electrons. The van der Waals surface area contributed by atoms with E-state index in [-0.39, 0.29) is 22.9 Å². The maximum atomic E-state index is 14.5. The normalized spacial score (nSPS) is 19.8. The van der Waals surface area contributed by atoms with Crippen LogP contribution in [0.2, 0.25) is 5.02 Å². The Morgan fingerprint density at radius 1 is 1.04 bits per heavy atom. The Bertz CT molecular complexity index is 933. The molecule has 4 rings (SSSR count). The van der Waals surface area contributed by atoms with Crippen molar-refractivity contribution in [3.63, 3.8) is 0 Å². The molecule has 1 atom stereocenters. The Morgan fingerprint density at radius 2 is 1.75 bits per heavy atom. The molecule has 0 saturated carbocycles. The van der Waals surface area contributed by atoms with Gasteiger partial charge in [0.2, 0.25) is 5.90 Å². The number of rotatable bonds is 2. The Kier molecular flexibility index (Phi) is 5.05. The van der Waals surface area contributed by atoms with Gasteiger partial charge in [0, 0.05) is 6.42 Å². The zero-order valence-corrected chi connectivity index (χ0v) is 17.3. The molecule has 4 heteroatoms. The number of allylic oxidation sites excluding steroid dienone is 1. The minimum absolute atomic E-state index is 0.0958. The molecule has 2 aromatic rings. The van der Waals surface area contributed by atoms with Gasteiger partial charge >= 0.3 is 0 Å². The topological polar surface area (TPSA) is 21.6 Å². The Labute approximate surface area is 171 Å². The number of hydrogen-bond donors (Lipinski definition) is 0. The van der Waals surface area contributed by atoms with Crippen LogP contribution in [0.3, 0.4) is 0 Å². The lowest BCUT2D eigenvalue weighted by Gasteiger charge is -2.31. The van der Waals surface area contributed by atoms with Crippen molar-refractivity contribution in [3.05, 3.63) is 81.3 Å². The summed E-state index contributed by atoms with van der Waals surface area (Å²) in [4.78, 5) is 4.83. The molecular weight excluding hydrogens is 373 g/mol. The van der Waals surface area contributed by atoms with Gasteiger partial charge < -0.3 is 4.74 Å². The second kappa shape index (κ2) is 7.36. The fraction of sp³-hybridized carbons (Fsp3) is 0.375. The van der Waals surface area contributed by atoms with Crippen molar-refractivity contribution in [2.45, 2.75) is 57.9 Å². The third-order valence-corrected chi connectivity index (χ3v) is 5.84. The van der Waals surface area contributed by atoms with Gasteiger partial charge in [-0.3, -0.25) is 0 Å². The van der Waals surface area contributed by atoms with Crippen molar-refractivity contribution in [3.8, 4) is 0 Å². The first-order valence-electron chi connectivity index (χ1n) is 9.87. The van der Waals surface area contributed by atoms with Crippen molar-refractivity contribution in [2.24, 2.45) is 4.99 Å². The van der Waals surface area contributed by atoms with Crippen LogP contribution in [0.4, 0.5) is 4.39 Å². The molecule has 2 nitrogen and oxygen atoms in total. The van der Waals surface area contributed by atoms with Crippen molar-refractivity contribution in [1.82, 2.24) is 0 Å². The van der Waals surface area contributed by atoms with E-state index in [1.165, 1.54) is 17.2 Å². The standard InChI is InChI=1S/C24H25ClFNO/c1-24(2,3)16-13-11-15(12-14-16)22-17-7-4-5-10-20(17)28-23(27-22)21-18(25)8-6-9-19(21)26/h6,8-9,11-14,22H,4-5,7,10H2,1-3H3. The SMILES string of the molecule is CC(C)(C)c1ccc(C2N=C(c3c(F)cccc3Cl)OC3=C2CCCC3)cc1. The molecule has 0 amide bonds. The van der Waals surface area contributed by atoms with Gasteiger partial charge in [0.05, 0.1) is 10.6 Å². The minimum Gasteiger partial charge on any atom is -0.443 e. The van der Waals surface area contributed by atoms with E-state index in [1.54, 1.807) is 12.1 Å². The Hall–Kier alpha value is -2.13. The zero-order valence-electron chi connectivity index (χ0n) is 16.6. The summed E-state index contributed by atoms with van der Waals surface area (Å²) in [5.41, 5.74) is 3.94. The summed E-state index contributed by atoms with van der Waals surface area (Å²) in [7, 11) is 0. The lowest BCUT2D eigenvalue weighted by Crippen LogP contribution is -2.22. The van der Waals surface area contributed by atoms with Gasteiger partial charge in [-0.25, -0.2) is 9.38 Å². The van der Waals surface area contributed by atoms with E-state index >= 15 is 0 Å². The highest BCUT2D eigenvalue weighted by atomic mass is 35.5. The van der Waals surface area contributed by atoms with Crippen LogP contribution in [-0.4, -0.2) is 5.90 Å². The maximum Gasteiger partial charge on any atom is 0.226 e. The first-order valence-corrected chi connectivity index (χ1v) is 10.2. The van der Waals surface area contributed by atoms with E-state index in [0.717, 1.165) is 37.0 Å². The molecule has 0 fully saturated rings. The molecule has 0 N–H and O–H groups in total. The number of ether oxygens (including phenoxy) is 1. The second-order valence-corrected chi connectivity index (χ2v) is 8.97. The summed E-state index contributed by atoms with van der Waals surface area (Å²) in [6, 6.07) is 13.1. The van der Waals surface area contributed by atoms with Gasteiger partial charge in [-0.1, -0.05) is 62.7 Å². The van der Waals surface area contributed by atoms with Gasteiger partial charge in [0.15, 0.2) is 0 Å². The summed E-state index contributed by atoms with van der Waals surface area (Å²) >= 11 is 6.29. The fourth-order valence-electron chi connectivity index (χ4n) is 3.90. The highest BCUT2D eigenvalue weighted by Gasteiger charge is 2.31. The average Bonchev–Trinajstić information content (AvgIpc) is 2.67. The summed E-state index contributed by atoms with van der Waals surface area (Å²) in [6.07, 6.45) is 4.02. The number of benzene rings is 2. The molecule has 1 heterocycles. The molecule has 1 unspecified atom stereocenters. The summed E-state index contributed by atoms with van der Waals surface area (Å²) in [5, 5.41) is 0.320. The molecule has 2 aromatic carbocycles. The third-order valence-electron chi connectivity index (χ3n) is 5.52. The van der Waals surface area contributed by atoms with Crippen LogP contribution in [0.25, 0.3) is 0 Å². The molecule has 0 radical (unpaired) electrons. The maximum absolute atomic E-state index is 14.5. The quantitative estimate of drug-likeness (QED) is 0.528. The minimum atomic E-state index is -0.409. The predicted molar refractivity (Wildman–Crippen MR) is 112 cm³/mol. The lowest BCUT2D eigenvalue weighted by molar-refractivity contribution is 0.338. The molecule has 1 aliphatic heterocycles. The molecule has 0 aromatic heterocycles. The molecule has 28 heavy (non-hydrogen) atoms. The summed E-state index contributed by atoms with van der Waals surface area (Å²) in [5.74, 6) is 0.807. The molecule has 1 aliphatic carbocycles. The number of hydrogen-bond acceptors (Lipinski definition) is 2. The first kappa shape index (κ1) is 19.2. The van der Waals surface area contributed by atoms with E-state index in [4.69, 9.17) is 21.3 Å². The van der Waals surface area contributed by atoms with Crippen molar-refractivity contribution in [1.29, 1.82) is 0 Å². The van der Waals surface area contributed by atoms with Crippen LogP contribution >= 0.6 is 11.6 Å². The van der Waals surface area contributed by atoms with Crippen molar-refractivity contribution in [2.75, 3.05) is 0 Å². The van der Waals surface area contributed by atoms with Crippen LogP contribution in [0.5, 0.6) is 0 Å². The molecular formula is C24H25ClFNO.